The lowest BCUT2D eigenvalue weighted by molar-refractivity contribution is 0.0256. The molecule has 0 bridgehead atoms. The molecule has 23 heavy (non-hydrogen) atoms. The Bertz CT molecular complexity index is 500. The maximum atomic E-state index is 6.39. The summed E-state index contributed by atoms with van der Waals surface area (Å²) in [7, 11) is 0. The molecule has 5 heteroatoms. The smallest absolute Gasteiger partial charge is 0.138 e. The van der Waals surface area contributed by atoms with Gasteiger partial charge in [-0.25, -0.2) is 0 Å². The second-order valence-corrected chi connectivity index (χ2v) is 7.07. The largest absolute Gasteiger partial charge is 0.489 e. The highest BCUT2D eigenvalue weighted by molar-refractivity contribution is 6.32. The zero-order valence-electron chi connectivity index (χ0n) is 13.7. The third kappa shape index (κ3) is 5.08. The van der Waals surface area contributed by atoms with Crippen molar-refractivity contribution in [1.82, 2.24) is 4.90 Å². The van der Waals surface area contributed by atoms with E-state index in [1.807, 2.05) is 12.1 Å². The molecule has 128 valence electrons. The van der Waals surface area contributed by atoms with E-state index < -0.39 is 0 Å². The van der Waals surface area contributed by atoms with Gasteiger partial charge in [-0.15, -0.1) is 0 Å². The number of rotatable bonds is 6. The van der Waals surface area contributed by atoms with E-state index in [4.69, 9.17) is 26.8 Å². The average Bonchev–Trinajstić information content (AvgIpc) is 3.04. The van der Waals surface area contributed by atoms with Gasteiger partial charge < -0.3 is 20.1 Å². The summed E-state index contributed by atoms with van der Waals surface area (Å²) in [6.45, 7) is 4.88. The first-order valence-corrected chi connectivity index (χ1v) is 9.09. The van der Waals surface area contributed by atoms with Gasteiger partial charge in [0.05, 0.1) is 18.2 Å². The number of hydrogen-bond acceptors (Lipinski definition) is 4. The molecule has 2 fully saturated rings. The second-order valence-electron chi connectivity index (χ2n) is 6.67. The Hall–Kier alpha value is -0.810. The Morgan fingerprint density at radius 2 is 2.00 bits per heavy atom. The van der Waals surface area contributed by atoms with E-state index in [0.29, 0.717) is 5.02 Å². The van der Waals surface area contributed by atoms with E-state index in [0.717, 1.165) is 44.8 Å². The van der Waals surface area contributed by atoms with E-state index in [1.165, 1.54) is 31.5 Å². The van der Waals surface area contributed by atoms with Crippen molar-refractivity contribution in [3.63, 3.8) is 0 Å². The molecule has 0 aliphatic carbocycles. The lowest BCUT2D eigenvalue weighted by Gasteiger charge is -2.24. The van der Waals surface area contributed by atoms with E-state index in [-0.39, 0.29) is 12.1 Å². The van der Waals surface area contributed by atoms with Crippen molar-refractivity contribution in [2.75, 3.05) is 32.8 Å². The van der Waals surface area contributed by atoms with Gasteiger partial charge in [-0.1, -0.05) is 17.7 Å². The molecule has 4 nitrogen and oxygen atoms in total. The zero-order valence-corrected chi connectivity index (χ0v) is 14.4. The molecular formula is C18H27ClN2O2. The quantitative estimate of drug-likeness (QED) is 0.866. The maximum Gasteiger partial charge on any atom is 0.138 e. The predicted octanol–water partition coefficient (Wildman–Crippen LogP) is 2.86. The molecular weight excluding hydrogens is 312 g/mol. The molecule has 2 aliphatic rings. The molecule has 0 amide bonds. The topological polar surface area (TPSA) is 47.7 Å². The number of hydrogen-bond donors (Lipinski definition) is 1. The molecule has 0 radical (unpaired) electrons. The number of benzene rings is 1. The van der Waals surface area contributed by atoms with Gasteiger partial charge in [-0.05, 0) is 50.0 Å². The summed E-state index contributed by atoms with van der Waals surface area (Å²) in [6, 6.07) is 6.23. The second kappa shape index (κ2) is 8.34. The molecule has 1 aromatic carbocycles. The highest BCUT2D eigenvalue weighted by atomic mass is 35.5. The Labute approximate surface area is 143 Å². The molecule has 0 saturated carbocycles. The summed E-state index contributed by atoms with van der Waals surface area (Å²) in [4.78, 5) is 2.45. The van der Waals surface area contributed by atoms with Crippen molar-refractivity contribution in [3.05, 3.63) is 28.8 Å². The van der Waals surface area contributed by atoms with Crippen LogP contribution in [0.5, 0.6) is 5.75 Å². The van der Waals surface area contributed by atoms with Crippen LogP contribution in [0.15, 0.2) is 18.2 Å². The molecule has 2 heterocycles. The van der Waals surface area contributed by atoms with Gasteiger partial charge in [0, 0.05) is 25.4 Å². The lowest BCUT2D eigenvalue weighted by Crippen LogP contribution is -2.37. The van der Waals surface area contributed by atoms with Gasteiger partial charge in [-0.2, -0.15) is 0 Å². The minimum absolute atomic E-state index is 0.159. The summed E-state index contributed by atoms with van der Waals surface area (Å²) in [6.07, 6.45) is 5.53. The van der Waals surface area contributed by atoms with Crippen molar-refractivity contribution in [2.45, 2.75) is 44.2 Å². The molecule has 2 saturated heterocycles. The zero-order chi connectivity index (χ0) is 16.1. The van der Waals surface area contributed by atoms with E-state index in [1.54, 1.807) is 0 Å². The minimum Gasteiger partial charge on any atom is -0.489 e. The van der Waals surface area contributed by atoms with Crippen LogP contribution in [0, 0.1) is 0 Å². The van der Waals surface area contributed by atoms with Crippen LogP contribution in [0.3, 0.4) is 0 Å². The number of halogens is 1. The van der Waals surface area contributed by atoms with Crippen molar-refractivity contribution >= 4 is 11.6 Å². The minimum atomic E-state index is 0.159. The van der Waals surface area contributed by atoms with E-state index >= 15 is 0 Å². The summed E-state index contributed by atoms with van der Waals surface area (Å²) in [5, 5.41) is 0.683. The van der Waals surface area contributed by atoms with Crippen LogP contribution in [0.4, 0.5) is 0 Å². The third-order valence-corrected chi connectivity index (χ3v) is 4.94. The third-order valence-electron chi connectivity index (χ3n) is 4.65. The molecule has 2 N–H and O–H groups in total. The van der Waals surface area contributed by atoms with Crippen molar-refractivity contribution in [3.8, 4) is 5.75 Å². The van der Waals surface area contributed by atoms with Crippen LogP contribution in [0.25, 0.3) is 0 Å². The van der Waals surface area contributed by atoms with Crippen LogP contribution >= 0.6 is 11.6 Å². The summed E-state index contributed by atoms with van der Waals surface area (Å²) in [5.41, 5.74) is 7.47. The maximum absolute atomic E-state index is 6.39. The van der Waals surface area contributed by atoms with Gasteiger partial charge in [0.25, 0.3) is 0 Å². The fraction of sp³-hybridized carbons (Fsp3) is 0.667. The molecule has 0 unspecified atom stereocenters. The first-order valence-electron chi connectivity index (χ1n) is 8.71. The van der Waals surface area contributed by atoms with Gasteiger partial charge in [0.2, 0.25) is 0 Å². The van der Waals surface area contributed by atoms with Crippen LogP contribution in [0.2, 0.25) is 5.02 Å². The number of likely N-dealkylation sites (tertiary alicyclic amines) is 1. The molecule has 1 aromatic rings. The Morgan fingerprint density at radius 3 is 2.70 bits per heavy atom. The standard InChI is InChI=1S/C18H27ClN2O2/c19-17-12-14(11-15(20)13-21-7-1-2-8-21)3-4-18(17)23-16-5-9-22-10-6-16/h3-4,12,15-16H,1-2,5-11,13,20H2/t15-/m0/s1. The van der Waals surface area contributed by atoms with Gasteiger partial charge in [0.15, 0.2) is 0 Å². The van der Waals surface area contributed by atoms with Crippen molar-refractivity contribution in [1.29, 1.82) is 0 Å². The fourth-order valence-electron chi connectivity index (χ4n) is 3.40. The number of ether oxygens (including phenoxy) is 2. The molecule has 0 spiro atoms. The first kappa shape index (κ1) is 17.0. The lowest BCUT2D eigenvalue weighted by atomic mass is 10.1. The Kier molecular flexibility index (Phi) is 6.17. The predicted molar refractivity (Wildman–Crippen MR) is 93.3 cm³/mol. The highest BCUT2D eigenvalue weighted by Gasteiger charge is 2.18. The Balaban J connectivity index is 1.53. The normalized spacial score (nSPS) is 21.5. The first-order chi connectivity index (χ1) is 11.2. The van der Waals surface area contributed by atoms with Crippen molar-refractivity contribution < 1.29 is 9.47 Å². The van der Waals surface area contributed by atoms with E-state index in [2.05, 4.69) is 11.0 Å². The molecule has 0 aromatic heterocycles. The summed E-state index contributed by atoms with van der Waals surface area (Å²) in [5.74, 6) is 0.774. The average molecular weight is 339 g/mol. The van der Waals surface area contributed by atoms with Crippen LogP contribution in [0.1, 0.15) is 31.2 Å². The Morgan fingerprint density at radius 1 is 1.26 bits per heavy atom. The monoisotopic (exact) mass is 338 g/mol. The molecule has 1 atom stereocenters. The molecule has 2 aliphatic heterocycles. The number of nitrogens with two attached hydrogens (primary N) is 1. The van der Waals surface area contributed by atoms with Gasteiger partial charge in [-0.3, -0.25) is 0 Å². The SMILES string of the molecule is N[C@@H](Cc1ccc(OC2CCOCC2)c(Cl)c1)CN1CCCC1. The van der Waals surface area contributed by atoms with Crippen LogP contribution in [-0.2, 0) is 11.2 Å². The molecule has 3 rings (SSSR count). The van der Waals surface area contributed by atoms with Crippen LogP contribution in [-0.4, -0.2) is 49.9 Å². The van der Waals surface area contributed by atoms with Crippen molar-refractivity contribution in [2.24, 2.45) is 5.73 Å². The van der Waals surface area contributed by atoms with Gasteiger partial charge in [0.1, 0.15) is 11.9 Å². The fourth-order valence-corrected chi connectivity index (χ4v) is 3.65. The van der Waals surface area contributed by atoms with Crippen LogP contribution < -0.4 is 10.5 Å². The summed E-state index contributed by atoms with van der Waals surface area (Å²) >= 11 is 6.39. The number of nitrogens with zero attached hydrogens (tertiary/aromatic N) is 1. The van der Waals surface area contributed by atoms with E-state index in [9.17, 15) is 0 Å². The summed E-state index contributed by atoms with van der Waals surface area (Å²) < 4.78 is 11.4. The van der Waals surface area contributed by atoms with Gasteiger partial charge >= 0.3 is 0 Å². The highest BCUT2D eigenvalue weighted by Crippen LogP contribution is 2.28.